The van der Waals surface area contributed by atoms with Crippen molar-refractivity contribution in [1.29, 1.82) is 0 Å². The van der Waals surface area contributed by atoms with E-state index in [1.54, 1.807) is 0 Å². The molecule has 4 rings (SSSR count). The van der Waals surface area contributed by atoms with Crippen LogP contribution in [0.15, 0.2) is 41.5 Å². The lowest BCUT2D eigenvalue weighted by Crippen LogP contribution is -2.19. The van der Waals surface area contributed by atoms with Crippen LogP contribution in [-0.4, -0.2) is 15.7 Å². The zero-order valence-corrected chi connectivity index (χ0v) is 27.5. The molecule has 0 spiro atoms. The molecule has 0 atom stereocenters. The molecule has 40 heavy (non-hydrogen) atoms. The van der Waals surface area contributed by atoms with Gasteiger partial charge in [-0.3, -0.25) is 15.0 Å². The van der Waals surface area contributed by atoms with Gasteiger partial charge in [0.2, 0.25) is 0 Å². The van der Waals surface area contributed by atoms with Gasteiger partial charge in [0.15, 0.2) is 0 Å². The van der Waals surface area contributed by atoms with Crippen LogP contribution in [0.2, 0.25) is 0 Å². The lowest BCUT2D eigenvalue weighted by atomic mass is 9.87. The number of nitrogens with zero attached hydrogens (tertiary/aromatic N) is 3. The molecule has 0 radical (unpaired) electrons. The van der Waals surface area contributed by atoms with E-state index in [-0.39, 0.29) is 23.7 Å². The Morgan fingerprint density at radius 2 is 1.10 bits per heavy atom. The SMILES string of the molecule is C.Cc1cc2c(cc1C)N=C(C(C)(C)C)C2.Cc1ccc(C(C)(C)C)nc1C.Cc1cnc(C(C)(C)C)cc1C. The van der Waals surface area contributed by atoms with Gasteiger partial charge >= 0.3 is 0 Å². The van der Waals surface area contributed by atoms with Crippen LogP contribution in [0.25, 0.3) is 0 Å². The van der Waals surface area contributed by atoms with Gasteiger partial charge < -0.3 is 0 Å². The average Bonchev–Trinajstić information content (AvgIpc) is 3.20. The number of hydrogen-bond donors (Lipinski definition) is 0. The summed E-state index contributed by atoms with van der Waals surface area (Å²) < 4.78 is 0. The molecule has 2 aromatic heterocycles. The second kappa shape index (κ2) is 13.2. The first-order valence-electron chi connectivity index (χ1n) is 14.3. The van der Waals surface area contributed by atoms with E-state index in [9.17, 15) is 0 Å². The number of benzene rings is 1. The number of fused-ring (bicyclic) bond motifs is 1. The minimum Gasteiger partial charge on any atom is -0.260 e. The van der Waals surface area contributed by atoms with Crippen LogP contribution < -0.4 is 0 Å². The molecule has 0 aliphatic carbocycles. The predicted octanol–water partition coefficient (Wildman–Crippen LogP) is 10.6. The molecule has 0 bridgehead atoms. The van der Waals surface area contributed by atoms with Crippen LogP contribution in [0.3, 0.4) is 0 Å². The zero-order chi connectivity index (χ0) is 29.9. The van der Waals surface area contributed by atoms with Gasteiger partial charge in [0.25, 0.3) is 0 Å². The number of rotatable bonds is 0. The van der Waals surface area contributed by atoms with Crippen LogP contribution in [0.4, 0.5) is 5.69 Å². The summed E-state index contributed by atoms with van der Waals surface area (Å²) in [4.78, 5) is 13.7. The molecule has 0 fully saturated rings. The minimum absolute atomic E-state index is 0. The van der Waals surface area contributed by atoms with E-state index in [4.69, 9.17) is 4.99 Å². The van der Waals surface area contributed by atoms with Gasteiger partial charge in [-0.1, -0.05) is 81.9 Å². The Kier molecular flexibility index (Phi) is 11.7. The van der Waals surface area contributed by atoms with Crippen molar-refractivity contribution in [2.75, 3.05) is 0 Å². The largest absolute Gasteiger partial charge is 0.260 e. The Morgan fingerprint density at radius 3 is 1.57 bits per heavy atom. The van der Waals surface area contributed by atoms with Crippen LogP contribution in [0.1, 0.15) is 120 Å². The summed E-state index contributed by atoms with van der Waals surface area (Å²) in [6, 6.07) is 10.9. The maximum absolute atomic E-state index is 4.74. The summed E-state index contributed by atoms with van der Waals surface area (Å²) in [7, 11) is 0. The van der Waals surface area contributed by atoms with Gasteiger partial charge in [-0.05, 0) is 93.1 Å². The first-order chi connectivity index (χ1) is 17.7. The van der Waals surface area contributed by atoms with Crippen LogP contribution in [0.5, 0.6) is 0 Å². The van der Waals surface area contributed by atoms with E-state index in [0.717, 1.165) is 12.1 Å². The van der Waals surface area contributed by atoms with E-state index in [1.807, 2.05) is 6.20 Å². The molecule has 3 aromatic rings. The minimum atomic E-state index is 0. The molecular weight excluding hydrogens is 486 g/mol. The summed E-state index contributed by atoms with van der Waals surface area (Å²) in [6.07, 6.45) is 2.98. The number of pyridine rings is 2. The summed E-state index contributed by atoms with van der Waals surface area (Å²) in [5, 5.41) is 0. The molecule has 3 heterocycles. The molecule has 0 saturated carbocycles. The highest BCUT2D eigenvalue weighted by Gasteiger charge is 2.25. The van der Waals surface area contributed by atoms with Crippen molar-refractivity contribution >= 4 is 11.4 Å². The van der Waals surface area contributed by atoms with Crippen LogP contribution >= 0.6 is 0 Å². The van der Waals surface area contributed by atoms with Crippen molar-refractivity contribution in [2.45, 2.75) is 129 Å². The molecule has 1 aliphatic rings. The Balaban J connectivity index is 0.000000299. The highest BCUT2D eigenvalue weighted by Crippen LogP contribution is 2.34. The fourth-order valence-corrected chi connectivity index (χ4v) is 3.99. The van der Waals surface area contributed by atoms with Gasteiger partial charge in [0, 0.05) is 51.7 Å². The molecular formula is C37H57N3. The second-order valence-corrected chi connectivity index (χ2v) is 14.3. The number of aromatic nitrogens is 2. The average molecular weight is 544 g/mol. The molecule has 0 saturated heterocycles. The van der Waals surface area contributed by atoms with Crippen molar-refractivity contribution in [3.8, 4) is 0 Å². The van der Waals surface area contributed by atoms with Gasteiger partial charge in [0.1, 0.15) is 0 Å². The highest BCUT2D eigenvalue weighted by molar-refractivity contribution is 5.97. The Labute approximate surface area is 247 Å². The van der Waals surface area contributed by atoms with E-state index in [1.165, 1.54) is 56.2 Å². The molecule has 1 aliphatic heterocycles. The summed E-state index contributed by atoms with van der Waals surface area (Å²) in [5.74, 6) is 0. The summed E-state index contributed by atoms with van der Waals surface area (Å²) in [6.45, 7) is 32.5. The first kappa shape index (κ1) is 35.2. The van der Waals surface area contributed by atoms with Crippen molar-refractivity contribution < 1.29 is 0 Å². The number of aryl methyl sites for hydroxylation is 6. The van der Waals surface area contributed by atoms with Crippen molar-refractivity contribution in [3.05, 3.63) is 87.0 Å². The molecule has 3 heteroatoms. The smallest absolute Gasteiger partial charge is 0.0668 e. The lowest BCUT2D eigenvalue weighted by molar-refractivity contribution is 0.566. The third-order valence-electron chi connectivity index (χ3n) is 7.43. The normalized spacial score (nSPS) is 12.7. The predicted molar refractivity (Wildman–Crippen MR) is 178 cm³/mol. The van der Waals surface area contributed by atoms with Crippen LogP contribution in [-0.2, 0) is 17.3 Å². The monoisotopic (exact) mass is 543 g/mol. The fraction of sp³-hybridized carbons (Fsp3) is 0.541. The van der Waals surface area contributed by atoms with Gasteiger partial charge in [0.05, 0.1) is 5.69 Å². The fourth-order valence-electron chi connectivity index (χ4n) is 3.99. The van der Waals surface area contributed by atoms with E-state index < -0.39 is 0 Å². The maximum Gasteiger partial charge on any atom is 0.0668 e. The molecule has 0 N–H and O–H groups in total. The third-order valence-corrected chi connectivity index (χ3v) is 7.43. The van der Waals surface area contributed by atoms with E-state index >= 15 is 0 Å². The molecule has 0 unspecified atom stereocenters. The van der Waals surface area contributed by atoms with E-state index in [0.29, 0.717) is 0 Å². The summed E-state index contributed by atoms with van der Waals surface area (Å²) >= 11 is 0. The lowest BCUT2D eigenvalue weighted by Gasteiger charge is -2.18. The highest BCUT2D eigenvalue weighted by atomic mass is 14.8. The third kappa shape index (κ3) is 9.68. The van der Waals surface area contributed by atoms with E-state index in [2.05, 4.69) is 144 Å². The summed E-state index contributed by atoms with van der Waals surface area (Å²) in [5.41, 5.74) is 14.5. The quantitative estimate of drug-likeness (QED) is 0.283. The molecule has 3 nitrogen and oxygen atoms in total. The molecule has 0 amide bonds. The van der Waals surface area contributed by atoms with Gasteiger partial charge in [-0.2, -0.15) is 0 Å². The Hall–Kier alpha value is -2.81. The van der Waals surface area contributed by atoms with Gasteiger partial charge in [-0.25, -0.2) is 0 Å². The van der Waals surface area contributed by atoms with Crippen molar-refractivity contribution in [1.82, 2.24) is 9.97 Å². The first-order valence-corrected chi connectivity index (χ1v) is 14.3. The Bertz CT molecular complexity index is 1260. The topological polar surface area (TPSA) is 38.1 Å². The zero-order valence-electron chi connectivity index (χ0n) is 27.5. The van der Waals surface area contributed by atoms with Crippen LogP contribution in [0, 0.1) is 47.0 Å². The number of hydrogen-bond acceptors (Lipinski definition) is 3. The van der Waals surface area contributed by atoms with Gasteiger partial charge in [-0.15, -0.1) is 0 Å². The molecule has 1 aromatic carbocycles. The van der Waals surface area contributed by atoms with Crippen molar-refractivity contribution in [3.63, 3.8) is 0 Å². The number of aliphatic imine (C=N–C) groups is 1. The molecule has 220 valence electrons. The van der Waals surface area contributed by atoms with Crippen molar-refractivity contribution in [2.24, 2.45) is 10.4 Å². The standard InChI is InChI=1S/C14H19N.2C11H17N.CH4/c1-9-6-11-8-13(14(3,4)5)15-12(11)7-10(9)2;1-8-6-10(11(3,4)5)12-7-9(8)2;1-8-6-7-10(11(3,4)5)12-9(8)2;/h6-7H,8H2,1-5H3;2*6-7H,1-5H3;1H4. The Morgan fingerprint density at radius 1 is 0.575 bits per heavy atom. The maximum atomic E-state index is 4.74. The second-order valence-electron chi connectivity index (χ2n) is 14.3.